The fourth-order valence-corrected chi connectivity index (χ4v) is 5.33. The van der Waals surface area contributed by atoms with Crippen LogP contribution in [-0.2, 0) is 9.84 Å². The molecule has 0 aliphatic carbocycles. The third-order valence-corrected chi connectivity index (χ3v) is 7.22. The van der Waals surface area contributed by atoms with E-state index in [1.54, 1.807) is 24.3 Å². The maximum absolute atomic E-state index is 13.1. The summed E-state index contributed by atoms with van der Waals surface area (Å²) in [4.78, 5) is 0.611. The Balaban J connectivity index is 1.63. The van der Waals surface area contributed by atoms with Crippen molar-refractivity contribution in [3.05, 3.63) is 107 Å². The monoisotopic (exact) mass is 426 g/mol. The van der Waals surface area contributed by atoms with Crippen LogP contribution in [0.15, 0.2) is 94.7 Å². The maximum Gasteiger partial charge on any atom is 0.206 e. The van der Waals surface area contributed by atoms with Crippen molar-refractivity contribution >= 4 is 9.84 Å². The molecule has 0 saturated heterocycles. The average molecular weight is 427 g/mol. The summed E-state index contributed by atoms with van der Waals surface area (Å²) in [7, 11) is -3.57. The summed E-state index contributed by atoms with van der Waals surface area (Å²) in [5.74, 6) is 0. The van der Waals surface area contributed by atoms with Crippen molar-refractivity contribution in [2.75, 3.05) is 0 Å². The van der Waals surface area contributed by atoms with Crippen LogP contribution in [0.4, 0.5) is 0 Å². The average Bonchev–Trinajstić information content (AvgIpc) is 2.72. The Labute approximate surface area is 185 Å². The van der Waals surface area contributed by atoms with Crippen LogP contribution in [0.1, 0.15) is 22.3 Å². The fourth-order valence-electron chi connectivity index (χ4n) is 4.07. The third kappa shape index (κ3) is 4.47. The zero-order valence-corrected chi connectivity index (χ0v) is 19.1. The molecule has 0 fully saturated rings. The lowest BCUT2D eigenvalue weighted by Gasteiger charge is -2.09. The first kappa shape index (κ1) is 21.1. The van der Waals surface area contributed by atoms with Crippen LogP contribution < -0.4 is 0 Å². The summed E-state index contributed by atoms with van der Waals surface area (Å²) in [6.45, 7) is 8.27. The van der Waals surface area contributed by atoms with E-state index >= 15 is 0 Å². The number of hydrogen-bond donors (Lipinski definition) is 0. The van der Waals surface area contributed by atoms with Gasteiger partial charge in [-0.25, -0.2) is 8.42 Å². The van der Waals surface area contributed by atoms with E-state index in [9.17, 15) is 8.42 Å². The first-order valence-electron chi connectivity index (χ1n) is 10.3. The third-order valence-electron chi connectivity index (χ3n) is 5.44. The first-order valence-corrected chi connectivity index (χ1v) is 11.8. The molecule has 0 saturated carbocycles. The van der Waals surface area contributed by atoms with E-state index in [-0.39, 0.29) is 0 Å². The van der Waals surface area contributed by atoms with Gasteiger partial charge in [0, 0.05) is 0 Å². The van der Waals surface area contributed by atoms with Crippen LogP contribution in [-0.4, -0.2) is 8.42 Å². The Bertz CT molecular complexity index is 1210. The van der Waals surface area contributed by atoms with Crippen LogP contribution in [0.5, 0.6) is 0 Å². The second kappa shape index (κ2) is 8.16. The van der Waals surface area contributed by atoms with E-state index in [0.717, 1.165) is 22.3 Å². The molecule has 4 aromatic carbocycles. The van der Waals surface area contributed by atoms with Crippen LogP contribution >= 0.6 is 0 Å². The molecule has 0 spiro atoms. The van der Waals surface area contributed by atoms with Gasteiger partial charge in [0.15, 0.2) is 0 Å². The minimum Gasteiger partial charge on any atom is -0.219 e. The highest BCUT2D eigenvalue weighted by Gasteiger charge is 2.18. The Morgan fingerprint density at radius 3 is 1.00 bits per heavy atom. The molecule has 156 valence electrons. The Kier molecular flexibility index (Phi) is 5.55. The lowest BCUT2D eigenvalue weighted by atomic mass is 10.0. The number of rotatable bonds is 4. The summed E-state index contributed by atoms with van der Waals surface area (Å²) >= 11 is 0. The van der Waals surface area contributed by atoms with Crippen molar-refractivity contribution in [2.24, 2.45) is 0 Å². The van der Waals surface area contributed by atoms with Crippen molar-refractivity contribution in [1.29, 1.82) is 0 Å². The molecule has 0 heterocycles. The topological polar surface area (TPSA) is 34.1 Å². The lowest BCUT2D eigenvalue weighted by Crippen LogP contribution is -2.01. The van der Waals surface area contributed by atoms with E-state index in [1.165, 1.54) is 22.3 Å². The van der Waals surface area contributed by atoms with Gasteiger partial charge in [-0.3, -0.25) is 0 Å². The number of sulfone groups is 1. The van der Waals surface area contributed by atoms with Gasteiger partial charge in [0.25, 0.3) is 0 Å². The van der Waals surface area contributed by atoms with Gasteiger partial charge in [-0.05, 0) is 74.2 Å². The molecule has 0 bridgehead atoms. The molecule has 0 aliphatic heterocycles. The predicted octanol–water partition coefficient (Wildman–Crippen LogP) is 7.09. The molecule has 0 aromatic heterocycles. The maximum atomic E-state index is 13.1. The molecule has 4 rings (SSSR count). The van der Waals surface area contributed by atoms with Crippen molar-refractivity contribution < 1.29 is 8.42 Å². The Morgan fingerprint density at radius 1 is 0.419 bits per heavy atom. The van der Waals surface area contributed by atoms with Crippen molar-refractivity contribution in [2.45, 2.75) is 37.5 Å². The summed E-state index contributed by atoms with van der Waals surface area (Å²) in [6.07, 6.45) is 0. The standard InChI is InChI=1S/C28H26O2S/c1-19-13-20(2)16-25(15-19)23-5-9-27(10-6-23)31(29,30)28-11-7-24(8-12-28)26-17-21(3)14-22(4)18-26/h5-18H,1-4H3. The smallest absolute Gasteiger partial charge is 0.206 e. The molecule has 0 atom stereocenters. The number of benzene rings is 4. The molecule has 31 heavy (non-hydrogen) atoms. The Hall–Kier alpha value is -3.17. The largest absolute Gasteiger partial charge is 0.219 e. The molecule has 0 unspecified atom stereocenters. The van der Waals surface area contributed by atoms with Crippen molar-refractivity contribution in [3.63, 3.8) is 0 Å². The zero-order chi connectivity index (χ0) is 22.2. The normalized spacial score (nSPS) is 11.5. The molecule has 2 nitrogen and oxygen atoms in total. The van der Waals surface area contributed by atoms with Crippen molar-refractivity contribution in [3.8, 4) is 22.3 Å². The molecule has 4 aromatic rings. The van der Waals surface area contributed by atoms with Crippen molar-refractivity contribution in [1.82, 2.24) is 0 Å². The van der Waals surface area contributed by atoms with E-state index in [4.69, 9.17) is 0 Å². The highest BCUT2D eigenvalue weighted by atomic mass is 32.2. The molecular formula is C28H26O2S. The molecule has 0 N–H and O–H groups in total. The SMILES string of the molecule is Cc1cc(C)cc(-c2ccc(S(=O)(=O)c3ccc(-c4cc(C)cc(C)c4)cc3)cc2)c1. The number of hydrogen-bond acceptors (Lipinski definition) is 2. The van der Waals surface area contributed by atoms with E-state index in [1.807, 2.05) is 24.3 Å². The molecular weight excluding hydrogens is 400 g/mol. The minimum absolute atomic E-state index is 0.305. The van der Waals surface area contributed by atoms with Gasteiger partial charge in [0.05, 0.1) is 9.79 Å². The van der Waals surface area contributed by atoms with Crippen LogP contribution in [0.25, 0.3) is 22.3 Å². The van der Waals surface area contributed by atoms with E-state index in [0.29, 0.717) is 9.79 Å². The lowest BCUT2D eigenvalue weighted by molar-refractivity contribution is 0.596. The van der Waals surface area contributed by atoms with E-state index < -0.39 is 9.84 Å². The predicted molar refractivity (Wildman–Crippen MR) is 128 cm³/mol. The van der Waals surface area contributed by atoms with Gasteiger partial charge in [-0.1, -0.05) is 82.9 Å². The fraction of sp³-hybridized carbons (Fsp3) is 0.143. The highest BCUT2D eigenvalue weighted by molar-refractivity contribution is 7.91. The van der Waals surface area contributed by atoms with Crippen LogP contribution in [0.3, 0.4) is 0 Å². The summed E-state index contributed by atoms with van der Waals surface area (Å²) < 4.78 is 26.3. The summed E-state index contributed by atoms with van der Waals surface area (Å²) in [5, 5.41) is 0. The first-order chi connectivity index (χ1) is 14.7. The van der Waals surface area contributed by atoms with Gasteiger partial charge in [0.1, 0.15) is 0 Å². The minimum atomic E-state index is -3.57. The Morgan fingerprint density at radius 2 is 0.710 bits per heavy atom. The molecule has 0 aliphatic rings. The highest BCUT2D eigenvalue weighted by Crippen LogP contribution is 2.28. The second-order valence-corrected chi connectivity index (χ2v) is 10.3. The van der Waals surface area contributed by atoms with Gasteiger partial charge in [0.2, 0.25) is 9.84 Å². The molecule has 3 heteroatoms. The van der Waals surface area contributed by atoms with Crippen LogP contribution in [0, 0.1) is 27.7 Å². The van der Waals surface area contributed by atoms with E-state index in [2.05, 4.69) is 64.1 Å². The number of aryl methyl sites for hydroxylation is 4. The van der Waals surface area contributed by atoms with Gasteiger partial charge < -0.3 is 0 Å². The second-order valence-electron chi connectivity index (χ2n) is 8.30. The zero-order valence-electron chi connectivity index (χ0n) is 18.3. The van der Waals surface area contributed by atoms with Gasteiger partial charge in [-0.2, -0.15) is 0 Å². The quantitative estimate of drug-likeness (QED) is 0.349. The van der Waals surface area contributed by atoms with Crippen LogP contribution in [0.2, 0.25) is 0 Å². The summed E-state index contributed by atoms with van der Waals surface area (Å²) in [5.41, 5.74) is 8.97. The molecule has 0 amide bonds. The van der Waals surface area contributed by atoms with Gasteiger partial charge in [-0.15, -0.1) is 0 Å². The molecule has 0 radical (unpaired) electrons. The summed E-state index contributed by atoms with van der Waals surface area (Å²) in [6, 6.07) is 27.0. The van der Waals surface area contributed by atoms with Gasteiger partial charge >= 0.3 is 0 Å².